The monoisotopic (exact) mass is 654 g/mol. The van der Waals surface area contributed by atoms with Crippen molar-refractivity contribution in [3.63, 3.8) is 0 Å². The summed E-state index contributed by atoms with van der Waals surface area (Å²) in [6.07, 6.45) is 10.0. The number of benzene rings is 2. The molecule has 1 fully saturated rings. The lowest BCUT2D eigenvalue weighted by Gasteiger charge is -2.31. The molecule has 6 N–H and O–H groups in total. The molecule has 2 aromatic carbocycles. The van der Waals surface area contributed by atoms with Crippen molar-refractivity contribution in [1.82, 2.24) is 30.2 Å². The van der Waals surface area contributed by atoms with E-state index < -0.39 is 11.5 Å². The Balaban J connectivity index is 1.13. The SMILES string of the molecule is C[C@H](N)CCCc1cc(Cl)c(F)c(-c2cc3cn(-c4ccc([C@H]5CCC[C@H](CCNC(=N)c6ccccn6)N5)cc4)c(=O)nc3[nH]2)c1. The van der Waals surface area contributed by atoms with Gasteiger partial charge in [0.2, 0.25) is 0 Å². The van der Waals surface area contributed by atoms with E-state index in [1.165, 1.54) is 4.57 Å². The zero-order valence-electron chi connectivity index (χ0n) is 26.4. The lowest BCUT2D eigenvalue weighted by molar-refractivity contribution is 0.312. The fraction of sp³-hybridized carbons (Fsp3) is 0.333. The van der Waals surface area contributed by atoms with Crippen LogP contribution in [0.25, 0.3) is 28.0 Å². The first-order chi connectivity index (χ1) is 22.7. The lowest BCUT2D eigenvalue weighted by Crippen LogP contribution is -2.39. The van der Waals surface area contributed by atoms with Gasteiger partial charge in [0, 0.05) is 48.0 Å². The van der Waals surface area contributed by atoms with Gasteiger partial charge in [-0.1, -0.05) is 36.2 Å². The van der Waals surface area contributed by atoms with E-state index in [1.54, 1.807) is 30.6 Å². The fourth-order valence-corrected chi connectivity index (χ4v) is 6.53. The zero-order valence-corrected chi connectivity index (χ0v) is 27.2. The number of H-pyrrole nitrogens is 1. The summed E-state index contributed by atoms with van der Waals surface area (Å²) in [5.41, 5.74) is 10.1. The second kappa shape index (κ2) is 14.6. The molecular weight excluding hydrogens is 615 g/mol. The predicted molar refractivity (Wildman–Crippen MR) is 186 cm³/mol. The van der Waals surface area contributed by atoms with E-state index in [0.29, 0.717) is 52.1 Å². The summed E-state index contributed by atoms with van der Waals surface area (Å²) >= 11 is 6.27. The van der Waals surface area contributed by atoms with E-state index in [0.717, 1.165) is 56.1 Å². The molecule has 0 bridgehead atoms. The number of rotatable bonds is 11. The van der Waals surface area contributed by atoms with Crippen molar-refractivity contribution in [3.8, 4) is 16.9 Å². The van der Waals surface area contributed by atoms with Gasteiger partial charge in [-0.25, -0.2) is 9.18 Å². The Kier molecular flexibility index (Phi) is 10.1. The highest BCUT2D eigenvalue weighted by Gasteiger charge is 2.22. The number of aromatic nitrogens is 4. The van der Waals surface area contributed by atoms with E-state index in [4.69, 9.17) is 22.7 Å². The van der Waals surface area contributed by atoms with Gasteiger partial charge in [0.25, 0.3) is 0 Å². The highest BCUT2D eigenvalue weighted by molar-refractivity contribution is 6.31. The summed E-state index contributed by atoms with van der Waals surface area (Å²) in [5.74, 6) is -0.180. The molecule has 47 heavy (non-hydrogen) atoms. The van der Waals surface area contributed by atoms with Crippen LogP contribution in [0.15, 0.2) is 77.9 Å². The summed E-state index contributed by atoms with van der Waals surface area (Å²) < 4.78 is 16.7. The Labute approximate surface area is 278 Å². The van der Waals surface area contributed by atoms with E-state index in [2.05, 4.69) is 37.7 Å². The van der Waals surface area contributed by atoms with Crippen LogP contribution in [-0.4, -0.2) is 44.0 Å². The van der Waals surface area contributed by atoms with Gasteiger partial charge in [-0.2, -0.15) is 4.98 Å². The number of fused-ring (bicyclic) bond motifs is 1. The Morgan fingerprint density at radius 1 is 1.19 bits per heavy atom. The molecule has 1 aliphatic heterocycles. The molecule has 3 atom stereocenters. The van der Waals surface area contributed by atoms with E-state index in [9.17, 15) is 4.79 Å². The van der Waals surface area contributed by atoms with Gasteiger partial charge < -0.3 is 21.4 Å². The molecule has 244 valence electrons. The molecule has 0 aliphatic carbocycles. The third-order valence-electron chi connectivity index (χ3n) is 8.78. The first-order valence-corrected chi connectivity index (χ1v) is 16.6. The second-order valence-electron chi connectivity index (χ2n) is 12.4. The molecule has 9 nitrogen and oxygen atoms in total. The quantitative estimate of drug-likeness (QED) is 0.0823. The topological polar surface area (TPSA) is 138 Å². The molecular formula is C36H40ClFN8O. The molecule has 0 radical (unpaired) electrons. The molecule has 11 heteroatoms. The van der Waals surface area contributed by atoms with E-state index >= 15 is 4.39 Å². The van der Waals surface area contributed by atoms with Crippen molar-refractivity contribution in [2.75, 3.05) is 6.54 Å². The number of piperidine rings is 1. The minimum Gasteiger partial charge on any atom is -0.369 e. The summed E-state index contributed by atoms with van der Waals surface area (Å²) in [5, 5.41) is 15.9. The maximum atomic E-state index is 15.2. The Hall–Kier alpha value is -4.38. The van der Waals surface area contributed by atoms with Gasteiger partial charge in [-0.05, 0) is 99.0 Å². The van der Waals surface area contributed by atoms with E-state index in [-0.39, 0.29) is 17.1 Å². The number of halogens is 2. The number of pyridine rings is 1. The van der Waals surface area contributed by atoms with Crippen molar-refractivity contribution in [1.29, 1.82) is 5.41 Å². The van der Waals surface area contributed by atoms with Gasteiger partial charge in [-0.3, -0.25) is 15.0 Å². The smallest absolute Gasteiger partial charge is 0.354 e. The van der Waals surface area contributed by atoms with Crippen LogP contribution in [0, 0.1) is 11.2 Å². The third kappa shape index (κ3) is 7.78. The fourth-order valence-electron chi connectivity index (χ4n) is 6.29. The van der Waals surface area contributed by atoms with Gasteiger partial charge >= 0.3 is 5.69 Å². The number of nitrogens with one attached hydrogen (secondary N) is 4. The van der Waals surface area contributed by atoms with Gasteiger partial charge in [0.05, 0.1) is 16.4 Å². The van der Waals surface area contributed by atoms with Crippen molar-refractivity contribution in [2.45, 2.75) is 70.0 Å². The predicted octanol–water partition coefficient (Wildman–Crippen LogP) is 6.43. The molecule has 3 aromatic heterocycles. The van der Waals surface area contributed by atoms with E-state index in [1.807, 2.05) is 37.3 Å². The van der Waals surface area contributed by atoms with Gasteiger partial charge in [0.1, 0.15) is 17.2 Å². The number of nitrogens with two attached hydrogens (primary N) is 1. The van der Waals surface area contributed by atoms with Crippen LogP contribution >= 0.6 is 11.6 Å². The summed E-state index contributed by atoms with van der Waals surface area (Å²) in [6, 6.07) is 19.4. The summed E-state index contributed by atoms with van der Waals surface area (Å²) in [7, 11) is 0. The number of aromatic amines is 1. The van der Waals surface area contributed by atoms with Crippen LogP contribution in [0.3, 0.4) is 0 Å². The first kappa shape index (κ1) is 32.6. The highest BCUT2D eigenvalue weighted by Crippen LogP contribution is 2.32. The standard InChI is InChI=1S/C36H40ClFN8O/c1-22(39)6-4-7-23-18-28(33(38)29(37)19-23)32-20-25-21-46(36(47)45-35(25)44-32)27-13-11-24(12-14-27)30-10-5-8-26(43-30)15-17-42-34(40)31-9-2-3-16-41-31/h2-3,9,11-14,16,18-22,26,30,43H,4-8,10,15,17,39H2,1H3,(H2,40,42)(H,44,45,47)/t22-,26+,30+/m0/s1. The molecule has 5 aromatic rings. The van der Waals surface area contributed by atoms with Gasteiger partial charge in [-0.15, -0.1) is 0 Å². The highest BCUT2D eigenvalue weighted by atomic mass is 35.5. The maximum absolute atomic E-state index is 15.2. The lowest BCUT2D eigenvalue weighted by atomic mass is 9.92. The Morgan fingerprint density at radius 3 is 2.79 bits per heavy atom. The molecule has 0 spiro atoms. The minimum absolute atomic E-state index is 0.0566. The third-order valence-corrected chi connectivity index (χ3v) is 9.06. The van der Waals surface area contributed by atoms with Crippen LogP contribution in [0.1, 0.15) is 68.3 Å². The molecule has 0 unspecified atom stereocenters. The average Bonchev–Trinajstić information content (AvgIpc) is 3.49. The number of hydrogen-bond donors (Lipinski definition) is 5. The van der Waals surface area contributed by atoms with Crippen molar-refractivity contribution in [3.05, 3.63) is 111 Å². The molecule has 1 aliphatic rings. The maximum Gasteiger partial charge on any atom is 0.354 e. The normalized spacial score (nSPS) is 17.1. The van der Waals surface area contributed by atoms with Crippen LogP contribution in [0.2, 0.25) is 5.02 Å². The van der Waals surface area contributed by atoms with Crippen molar-refractivity contribution >= 4 is 28.5 Å². The van der Waals surface area contributed by atoms with Crippen molar-refractivity contribution < 1.29 is 4.39 Å². The van der Waals surface area contributed by atoms with Gasteiger partial charge in [0.15, 0.2) is 5.82 Å². The Morgan fingerprint density at radius 2 is 2.02 bits per heavy atom. The molecule has 4 heterocycles. The molecule has 1 saturated heterocycles. The molecule has 0 amide bonds. The summed E-state index contributed by atoms with van der Waals surface area (Å²) in [4.78, 5) is 24.7. The first-order valence-electron chi connectivity index (χ1n) is 16.2. The van der Waals surface area contributed by atoms with Crippen molar-refractivity contribution in [2.24, 2.45) is 5.73 Å². The van der Waals surface area contributed by atoms with Crippen LogP contribution in [-0.2, 0) is 6.42 Å². The summed E-state index contributed by atoms with van der Waals surface area (Å²) in [6.45, 7) is 2.66. The largest absolute Gasteiger partial charge is 0.369 e. The number of hydrogen-bond acceptors (Lipinski definition) is 6. The number of nitrogens with zero attached hydrogens (tertiary/aromatic N) is 3. The second-order valence-corrected chi connectivity index (χ2v) is 12.8. The number of amidine groups is 1. The van der Waals surface area contributed by atoms with Crippen LogP contribution in [0.5, 0.6) is 0 Å². The van der Waals surface area contributed by atoms with Crippen LogP contribution < -0.4 is 22.1 Å². The zero-order chi connectivity index (χ0) is 32.9. The molecule has 0 saturated carbocycles. The Bertz CT molecular complexity index is 1900. The molecule has 6 rings (SSSR count). The minimum atomic E-state index is -0.515. The average molecular weight is 655 g/mol. The van der Waals surface area contributed by atoms with Crippen LogP contribution in [0.4, 0.5) is 4.39 Å². The number of aryl methyl sites for hydroxylation is 1.